The predicted molar refractivity (Wildman–Crippen MR) is 96.2 cm³/mol. The number of H-pyrrole nitrogens is 1. The van der Waals surface area contributed by atoms with Crippen LogP contribution in [0.1, 0.15) is 12.2 Å². The summed E-state index contributed by atoms with van der Waals surface area (Å²) in [5.74, 6) is 0.837. The van der Waals surface area contributed by atoms with Crippen LogP contribution >= 0.6 is 23.4 Å². The van der Waals surface area contributed by atoms with E-state index in [-0.39, 0.29) is 18.1 Å². The first-order valence-electron chi connectivity index (χ1n) is 7.61. The Hall–Kier alpha value is -2.43. The highest BCUT2D eigenvalue weighted by Gasteiger charge is 2.16. The molecule has 0 aliphatic heterocycles. The first kappa shape index (κ1) is 17.4. The molecule has 0 radical (unpaired) electrons. The second kappa shape index (κ2) is 8.10. The van der Waals surface area contributed by atoms with Gasteiger partial charge in [-0.25, -0.2) is 4.98 Å². The third kappa shape index (κ3) is 4.56. The van der Waals surface area contributed by atoms with Crippen molar-refractivity contribution < 1.29 is 9.21 Å². The van der Waals surface area contributed by atoms with Crippen LogP contribution in [0.15, 0.2) is 46.2 Å². The van der Waals surface area contributed by atoms with Gasteiger partial charge in [0.15, 0.2) is 5.16 Å². The Balaban J connectivity index is 1.64. The fourth-order valence-electron chi connectivity index (χ4n) is 2.32. The van der Waals surface area contributed by atoms with E-state index in [1.54, 1.807) is 29.4 Å². The monoisotopic (exact) mass is 374 g/mol. The molecule has 0 saturated carbocycles. The zero-order chi connectivity index (χ0) is 17.6. The lowest BCUT2D eigenvalue weighted by atomic mass is 10.3. The molecule has 1 amide bonds. The number of hydrogen-bond acceptors (Lipinski definition) is 5. The van der Waals surface area contributed by atoms with Gasteiger partial charge in [0.2, 0.25) is 5.91 Å². The molecule has 0 aliphatic carbocycles. The molecule has 6 nitrogen and oxygen atoms in total. The van der Waals surface area contributed by atoms with Crippen LogP contribution in [-0.2, 0) is 11.3 Å². The van der Waals surface area contributed by atoms with Crippen LogP contribution in [0, 0.1) is 11.3 Å². The second-order valence-corrected chi connectivity index (χ2v) is 6.70. The van der Waals surface area contributed by atoms with E-state index in [0.717, 1.165) is 11.0 Å². The Kier molecular flexibility index (Phi) is 5.64. The van der Waals surface area contributed by atoms with Gasteiger partial charge < -0.3 is 14.3 Å². The molecular weight excluding hydrogens is 360 g/mol. The van der Waals surface area contributed by atoms with E-state index in [4.69, 9.17) is 21.3 Å². The maximum Gasteiger partial charge on any atom is 0.233 e. The van der Waals surface area contributed by atoms with Gasteiger partial charge in [0.25, 0.3) is 0 Å². The van der Waals surface area contributed by atoms with Crippen LogP contribution in [0.2, 0.25) is 5.02 Å². The largest absolute Gasteiger partial charge is 0.467 e. The van der Waals surface area contributed by atoms with Crippen LogP contribution < -0.4 is 0 Å². The van der Waals surface area contributed by atoms with Crippen molar-refractivity contribution in [2.45, 2.75) is 18.1 Å². The molecule has 2 heterocycles. The number of carbonyl (C=O) groups is 1. The maximum absolute atomic E-state index is 12.5. The first-order valence-corrected chi connectivity index (χ1v) is 8.97. The van der Waals surface area contributed by atoms with Gasteiger partial charge in [-0.2, -0.15) is 5.26 Å². The summed E-state index contributed by atoms with van der Waals surface area (Å²) in [6.07, 6.45) is 1.84. The molecule has 3 rings (SSSR count). The highest BCUT2D eigenvalue weighted by Crippen LogP contribution is 2.22. The Morgan fingerprint density at radius 2 is 2.32 bits per heavy atom. The Labute approximate surface area is 153 Å². The van der Waals surface area contributed by atoms with Crippen molar-refractivity contribution in [3.8, 4) is 6.07 Å². The fourth-order valence-corrected chi connectivity index (χ4v) is 3.28. The van der Waals surface area contributed by atoms with Gasteiger partial charge in [0, 0.05) is 11.6 Å². The summed E-state index contributed by atoms with van der Waals surface area (Å²) in [7, 11) is 0. The summed E-state index contributed by atoms with van der Waals surface area (Å²) >= 11 is 7.28. The van der Waals surface area contributed by atoms with Gasteiger partial charge in [0.1, 0.15) is 5.76 Å². The number of nitrogens with one attached hydrogen (secondary N) is 1. The zero-order valence-electron chi connectivity index (χ0n) is 13.2. The summed E-state index contributed by atoms with van der Waals surface area (Å²) in [6.45, 7) is 0.718. The number of thioether (sulfide) groups is 1. The molecule has 2 aromatic heterocycles. The molecule has 0 bridgehead atoms. The van der Waals surface area contributed by atoms with Crippen LogP contribution in [0.5, 0.6) is 0 Å². The normalized spacial score (nSPS) is 10.7. The van der Waals surface area contributed by atoms with Crippen LogP contribution in [0.25, 0.3) is 11.0 Å². The molecule has 8 heteroatoms. The molecule has 128 valence electrons. The van der Waals surface area contributed by atoms with Gasteiger partial charge in [-0.15, -0.1) is 0 Å². The number of aromatic nitrogens is 2. The number of nitriles is 1. The number of fused-ring (bicyclic) bond motifs is 1. The minimum absolute atomic E-state index is 0.0739. The van der Waals surface area contributed by atoms with E-state index in [9.17, 15) is 4.79 Å². The number of hydrogen-bond donors (Lipinski definition) is 1. The van der Waals surface area contributed by atoms with Crippen LogP contribution in [0.3, 0.4) is 0 Å². The highest BCUT2D eigenvalue weighted by atomic mass is 35.5. The van der Waals surface area contributed by atoms with Gasteiger partial charge >= 0.3 is 0 Å². The molecule has 0 unspecified atom stereocenters. The van der Waals surface area contributed by atoms with Crippen LogP contribution in [0.4, 0.5) is 0 Å². The minimum Gasteiger partial charge on any atom is -0.467 e. The lowest BCUT2D eigenvalue weighted by Crippen LogP contribution is -2.32. The molecule has 0 spiro atoms. The topological polar surface area (TPSA) is 85.9 Å². The van der Waals surface area contributed by atoms with Gasteiger partial charge in [0.05, 0.1) is 42.1 Å². The quantitative estimate of drug-likeness (QED) is 0.635. The zero-order valence-corrected chi connectivity index (χ0v) is 14.8. The molecule has 25 heavy (non-hydrogen) atoms. The lowest BCUT2D eigenvalue weighted by molar-refractivity contribution is -0.129. The van der Waals surface area contributed by atoms with Crippen molar-refractivity contribution in [3.05, 3.63) is 47.4 Å². The number of rotatable bonds is 7. The molecule has 0 atom stereocenters. The van der Waals surface area contributed by atoms with Crippen molar-refractivity contribution in [1.82, 2.24) is 14.9 Å². The van der Waals surface area contributed by atoms with E-state index < -0.39 is 0 Å². The standard InChI is InChI=1S/C17H15ClN4O2S/c18-12-4-5-14-15(9-12)21-17(20-14)25-11-16(23)22(7-2-6-19)10-13-3-1-8-24-13/h1,3-5,8-9H,2,7,10-11H2,(H,20,21). The Morgan fingerprint density at radius 1 is 1.44 bits per heavy atom. The number of nitrogens with zero attached hydrogens (tertiary/aromatic N) is 3. The minimum atomic E-state index is -0.0739. The molecule has 1 N–H and O–H groups in total. The number of furan rings is 1. The Morgan fingerprint density at radius 3 is 3.08 bits per heavy atom. The number of carbonyl (C=O) groups excluding carboxylic acids is 1. The average Bonchev–Trinajstić information content (AvgIpc) is 3.25. The SMILES string of the molecule is N#CCCN(Cc1ccco1)C(=O)CSc1nc2ccc(Cl)cc2[nH]1. The highest BCUT2D eigenvalue weighted by molar-refractivity contribution is 7.99. The summed E-state index contributed by atoms with van der Waals surface area (Å²) in [5.41, 5.74) is 1.63. The van der Waals surface area contributed by atoms with Crippen LogP contribution in [-0.4, -0.2) is 33.1 Å². The third-order valence-electron chi connectivity index (χ3n) is 3.53. The van der Waals surface area contributed by atoms with Crippen molar-refractivity contribution in [1.29, 1.82) is 5.26 Å². The van der Waals surface area contributed by atoms with E-state index in [2.05, 4.69) is 16.0 Å². The average molecular weight is 375 g/mol. The third-order valence-corrected chi connectivity index (χ3v) is 4.62. The van der Waals surface area contributed by atoms with Gasteiger partial charge in [-0.1, -0.05) is 23.4 Å². The maximum atomic E-state index is 12.5. The van der Waals surface area contributed by atoms with Crippen molar-refractivity contribution in [2.24, 2.45) is 0 Å². The number of benzene rings is 1. The summed E-state index contributed by atoms with van der Waals surface area (Å²) in [4.78, 5) is 21.7. The second-order valence-electron chi connectivity index (χ2n) is 5.29. The molecule has 0 aliphatic rings. The fraction of sp³-hybridized carbons (Fsp3) is 0.235. The van der Waals surface area contributed by atoms with Gasteiger partial charge in [-0.3, -0.25) is 4.79 Å². The molecule has 3 aromatic rings. The summed E-state index contributed by atoms with van der Waals surface area (Å²) in [5, 5.41) is 10.1. The number of halogens is 1. The predicted octanol–water partition coefficient (Wildman–Crippen LogP) is 3.84. The molecule has 1 aromatic carbocycles. The smallest absolute Gasteiger partial charge is 0.233 e. The van der Waals surface area contributed by atoms with E-state index >= 15 is 0 Å². The van der Waals surface area contributed by atoms with E-state index in [0.29, 0.717) is 29.0 Å². The number of amides is 1. The van der Waals surface area contributed by atoms with Gasteiger partial charge in [-0.05, 0) is 30.3 Å². The van der Waals surface area contributed by atoms with Crippen molar-refractivity contribution in [2.75, 3.05) is 12.3 Å². The van der Waals surface area contributed by atoms with Crippen molar-refractivity contribution >= 4 is 40.3 Å². The molecule has 0 fully saturated rings. The Bertz CT molecular complexity index is 901. The summed E-state index contributed by atoms with van der Waals surface area (Å²) < 4.78 is 5.29. The number of aromatic amines is 1. The van der Waals surface area contributed by atoms with E-state index in [1.165, 1.54) is 11.8 Å². The molecule has 0 saturated heterocycles. The molecular formula is C17H15ClN4O2S. The van der Waals surface area contributed by atoms with E-state index in [1.807, 2.05) is 12.1 Å². The number of imidazole rings is 1. The first-order chi connectivity index (χ1) is 12.2. The lowest BCUT2D eigenvalue weighted by Gasteiger charge is -2.20. The summed E-state index contributed by atoms with van der Waals surface area (Å²) in [6, 6.07) is 11.1. The van der Waals surface area contributed by atoms with Crippen molar-refractivity contribution in [3.63, 3.8) is 0 Å².